The van der Waals surface area contributed by atoms with Gasteiger partial charge >= 0.3 is 5.97 Å². The fourth-order valence-corrected chi connectivity index (χ4v) is 2.67. The van der Waals surface area contributed by atoms with Crippen molar-refractivity contribution in [3.63, 3.8) is 0 Å². The van der Waals surface area contributed by atoms with Crippen LogP contribution in [0.1, 0.15) is 31.8 Å². The number of nitrogens with zero attached hydrogens (tertiary/aromatic N) is 1. The summed E-state index contributed by atoms with van der Waals surface area (Å²) in [5, 5.41) is 10.9. The zero-order chi connectivity index (χ0) is 16.1. The molecule has 0 spiro atoms. The van der Waals surface area contributed by atoms with Crippen LogP contribution in [0.25, 0.3) is 0 Å². The lowest BCUT2D eigenvalue weighted by atomic mass is 10.2. The number of aryl methyl sites for hydroxylation is 1. The molecular formula is C15H13NO5S. The molecular weight excluding hydrogens is 306 g/mol. The minimum Gasteiger partial charge on any atom is -0.453 e. The van der Waals surface area contributed by atoms with E-state index < -0.39 is 17.5 Å². The summed E-state index contributed by atoms with van der Waals surface area (Å²) in [7, 11) is 0. The zero-order valence-corrected chi connectivity index (χ0v) is 12.6. The number of rotatable bonds is 6. The van der Waals surface area contributed by atoms with Gasteiger partial charge in [0.15, 0.2) is 6.61 Å². The third-order valence-electron chi connectivity index (χ3n) is 2.94. The van der Waals surface area contributed by atoms with Gasteiger partial charge < -0.3 is 4.74 Å². The maximum atomic E-state index is 11.9. The number of hydrogen-bond donors (Lipinski definition) is 0. The van der Waals surface area contributed by atoms with Crippen LogP contribution < -0.4 is 0 Å². The lowest BCUT2D eigenvalue weighted by Crippen LogP contribution is -2.14. The number of hydrogen-bond acceptors (Lipinski definition) is 6. The topological polar surface area (TPSA) is 86.5 Å². The monoisotopic (exact) mass is 319 g/mol. The van der Waals surface area contributed by atoms with Gasteiger partial charge in [-0.1, -0.05) is 19.1 Å². The lowest BCUT2D eigenvalue weighted by Gasteiger charge is -2.04. The van der Waals surface area contributed by atoms with Crippen molar-refractivity contribution in [1.82, 2.24) is 0 Å². The normalized spacial score (nSPS) is 10.2. The van der Waals surface area contributed by atoms with Crippen molar-refractivity contribution in [1.29, 1.82) is 0 Å². The van der Waals surface area contributed by atoms with E-state index in [-0.39, 0.29) is 17.0 Å². The molecule has 2 rings (SSSR count). The van der Waals surface area contributed by atoms with Crippen molar-refractivity contribution in [2.24, 2.45) is 0 Å². The van der Waals surface area contributed by atoms with Crippen LogP contribution in [0.5, 0.6) is 0 Å². The predicted molar refractivity (Wildman–Crippen MR) is 81.4 cm³/mol. The summed E-state index contributed by atoms with van der Waals surface area (Å²) in [6, 6.07) is 9.00. The van der Waals surface area contributed by atoms with Gasteiger partial charge in [-0.05, 0) is 24.6 Å². The highest BCUT2D eigenvalue weighted by Gasteiger charge is 2.21. The maximum Gasteiger partial charge on any atom is 0.345 e. The Bertz CT molecular complexity index is 722. The number of carbonyl (C=O) groups excluding carboxylic acids is 2. The van der Waals surface area contributed by atoms with E-state index in [2.05, 4.69) is 0 Å². The van der Waals surface area contributed by atoms with E-state index in [1.807, 2.05) is 13.0 Å². The van der Waals surface area contributed by atoms with Gasteiger partial charge in [-0.15, -0.1) is 11.3 Å². The summed E-state index contributed by atoms with van der Waals surface area (Å²) in [6.45, 7) is 1.54. The highest BCUT2D eigenvalue weighted by molar-refractivity contribution is 7.14. The summed E-state index contributed by atoms with van der Waals surface area (Å²) >= 11 is 1.35. The maximum absolute atomic E-state index is 11.9. The predicted octanol–water partition coefficient (Wildman–Crippen LogP) is 3.26. The molecule has 1 heterocycles. The molecule has 0 aliphatic heterocycles. The molecule has 0 N–H and O–H groups in total. The van der Waals surface area contributed by atoms with Crippen LogP contribution in [0.4, 0.5) is 5.69 Å². The second kappa shape index (κ2) is 6.95. The van der Waals surface area contributed by atoms with E-state index in [9.17, 15) is 19.7 Å². The Labute approximate surface area is 130 Å². The minimum absolute atomic E-state index is 0.166. The van der Waals surface area contributed by atoms with E-state index in [0.29, 0.717) is 4.88 Å². The van der Waals surface area contributed by atoms with Crippen LogP contribution in [-0.2, 0) is 11.2 Å². The number of nitro groups is 1. The molecule has 7 heteroatoms. The quantitative estimate of drug-likeness (QED) is 0.353. The molecule has 0 aliphatic rings. The minimum atomic E-state index is -0.882. The SMILES string of the molecule is CCc1ccc(C(=O)COC(=O)c2ccccc2[N+](=O)[O-])s1. The summed E-state index contributed by atoms with van der Waals surface area (Å²) in [5.41, 5.74) is -0.509. The van der Waals surface area contributed by atoms with Crippen LogP contribution >= 0.6 is 11.3 Å². The Hall–Kier alpha value is -2.54. The van der Waals surface area contributed by atoms with E-state index in [0.717, 1.165) is 11.3 Å². The average Bonchev–Trinajstić information content (AvgIpc) is 3.01. The van der Waals surface area contributed by atoms with Gasteiger partial charge in [-0.25, -0.2) is 4.79 Å². The Balaban J connectivity index is 2.04. The van der Waals surface area contributed by atoms with E-state index >= 15 is 0 Å². The van der Waals surface area contributed by atoms with Gasteiger partial charge in [0, 0.05) is 10.9 Å². The molecule has 0 amide bonds. The van der Waals surface area contributed by atoms with Crippen LogP contribution in [-0.4, -0.2) is 23.3 Å². The van der Waals surface area contributed by atoms with Crippen molar-refractivity contribution in [3.05, 3.63) is 61.8 Å². The van der Waals surface area contributed by atoms with Gasteiger partial charge in [0.05, 0.1) is 9.80 Å². The fraction of sp³-hybridized carbons (Fsp3) is 0.200. The van der Waals surface area contributed by atoms with Crippen LogP contribution in [0.3, 0.4) is 0 Å². The number of ether oxygens (including phenoxy) is 1. The largest absolute Gasteiger partial charge is 0.453 e. The number of para-hydroxylation sites is 1. The molecule has 2 aromatic rings. The van der Waals surface area contributed by atoms with Gasteiger partial charge in [-0.2, -0.15) is 0 Å². The van der Waals surface area contributed by atoms with Crippen LogP contribution in [0, 0.1) is 10.1 Å². The third-order valence-corrected chi connectivity index (χ3v) is 4.21. The number of esters is 1. The summed E-state index contributed by atoms with van der Waals surface area (Å²) < 4.78 is 4.89. The van der Waals surface area contributed by atoms with Crippen molar-refractivity contribution in [2.45, 2.75) is 13.3 Å². The first-order valence-electron chi connectivity index (χ1n) is 6.55. The molecule has 0 atom stereocenters. The molecule has 0 fully saturated rings. The Morgan fingerprint density at radius 3 is 2.59 bits per heavy atom. The molecule has 0 saturated heterocycles. The van der Waals surface area contributed by atoms with Crippen molar-refractivity contribution >= 4 is 28.8 Å². The van der Waals surface area contributed by atoms with Crippen molar-refractivity contribution in [3.8, 4) is 0 Å². The number of nitro benzene ring substituents is 1. The van der Waals surface area contributed by atoms with Crippen LogP contribution in [0.15, 0.2) is 36.4 Å². The summed E-state index contributed by atoms with van der Waals surface area (Å²) in [6.07, 6.45) is 0.827. The van der Waals surface area contributed by atoms with Gasteiger partial charge in [-0.3, -0.25) is 14.9 Å². The van der Waals surface area contributed by atoms with Gasteiger partial charge in [0.1, 0.15) is 5.56 Å². The second-order valence-electron chi connectivity index (χ2n) is 4.39. The van der Waals surface area contributed by atoms with E-state index in [4.69, 9.17) is 4.74 Å². The highest BCUT2D eigenvalue weighted by Crippen LogP contribution is 2.20. The Kier molecular flexibility index (Phi) is 5.00. The van der Waals surface area contributed by atoms with Crippen molar-refractivity contribution < 1.29 is 19.2 Å². The number of Topliss-reactive ketones (excluding diaryl/α,β-unsaturated/α-hetero) is 1. The lowest BCUT2D eigenvalue weighted by molar-refractivity contribution is -0.385. The molecule has 22 heavy (non-hydrogen) atoms. The molecule has 114 valence electrons. The van der Waals surface area contributed by atoms with Crippen LogP contribution in [0.2, 0.25) is 0 Å². The molecule has 6 nitrogen and oxygen atoms in total. The third kappa shape index (κ3) is 3.56. The Morgan fingerprint density at radius 2 is 1.95 bits per heavy atom. The number of thiophene rings is 1. The molecule has 0 saturated carbocycles. The number of ketones is 1. The van der Waals surface area contributed by atoms with E-state index in [1.165, 1.54) is 35.6 Å². The average molecular weight is 319 g/mol. The van der Waals surface area contributed by atoms with E-state index in [1.54, 1.807) is 6.07 Å². The molecule has 0 bridgehead atoms. The van der Waals surface area contributed by atoms with Gasteiger partial charge in [0.2, 0.25) is 5.78 Å². The first kappa shape index (κ1) is 15.8. The molecule has 0 aliphatic carbocycles. The second-order valence-corrected chi connectivity index (χ2v) is 5.56. The molecule has 0 radical (unpaired) electrons. The standard InChI is InChI=1S/C15H13NO5S/c1-2-10-7-8-14(22-10)13(17)9-21-15(18)11-5-3-4-6-12(11)16(19)20/h3-8H,2,9H2,1H3. The molecule has 0 unspecified atom stereocenters. The zero-order valence-electron chi connectivity index (χ0n) is 11.8. The molecule has 1 aromatic heterocycles. The number of benzene rings is 1. The Morgan fingerprint density at radius 1 is 1.23 bits per heavy atom. The summed E-state index contributed by atoms with van der Waals surface area (Å²) in [4.78, 5) is 35.6. The fourth-order valence-electron chi connectivity index (χ4n) is 1.80. The van der Waals surface area contributed by atoms with Gasteiger partial charge in [0.25, 0.3) is 5.69 Å². The number of carbonyl (C=O) groups is 2. The van der Waals surface area contributed by atoms with Crippen molar-refractivity contribution in [2.75, 3.05) is 6.61 Å². The first-order valence-corrected chi connectivity index (χ1v) is 7.37. The molecule has 1 aromatic carbocycles. The smallest absolute Gasteiger partial charge is 0.345 e. The first-order chi connectivity index (χ1) is 10.5. The summed E-state index contributed by atoms with van der Waals surface area (Å²) in [5.74, 6) is -1.20. The highest BCUT2D eigenvalue weighted by atomic mass is 32.1.